The van der Waals surface area contributed by atoms with Crippen LogP contribution in [0.2, 0.25) is 0 Å². The van der Waals surface area contributed by atoms with E-state index in [4.69, 9.17) is 5.73 Å². The van der Waals surface area contributed by atoms with Crippen LogP contribution in [0.15, 0.2) is 0 Å². The Bertz CT molecular complexity index is 187. The largest absolute Gasteiger partial charge is 0.329 e. The number of likely N-dealkylation sites (tertiary alicyclic amines) is 1. The van der Waals surface area contributed by atoms with E-state index in [0.29, 0.717) is 19.5 Å². The topological polar surface area (TPSA) is 29.3 Å². The molecule has 0 amide bonds. The summed E-state index contributed by atoms with van der Waals surface area (Å²) in [6.45, 7) is 3.04. The maximum absolute atomic E-state index is 12.6. The minimum absolute atomic E-state index is 0.171. The molecule has 4 heteroatoms. The Labute approximate surface area is 84.4 Å². The molecule has 2 unspecified atom stereocenters. The Hall–Kier alpha value is -0.220. The number of nitrogens with zero attached hydrogens (tertiary/aromatic N) is 1. The van der Waals surface area contributed by atoms with Gasteiger partial charge in [0.15, 0.2) is 0 Å². The summed E-state index contributed by atoms with van der Waals surface area (Å²) in [7, 11) is 1.91. The number of hydrogen-bond donors (Lipinski definition) is 1. The maximum Gasteiger partial charge on any atom is 0.242 e. The summed E-state index contributed by atoms with van der Waals surface area (Å²) in [6.07, 6.45) is 0.259. The van der Waals surface area contributed by atoms with E-state index in [0.717, 1.165) is 12.8 Å². The van der Waals surface area contributed by atoms with Crippen molar-refractivity contribution in [1.82, 2.24) is 4.90 Å². The second kappa shape index (κ2) is 4.53. The first kappa shape index (κ1) is 11.9. The van der Waals surface area contributed by atoms with Crippen molar-refractivity contribution in [3.8, 4) is 0 Å². The molecule has 0 aromatic heterocycles. The average Bonchev–Trinajstić information content (AvgIpc) is 2.45. The number of alkyl halides is 2. The molecule has 2 N–H and O–H groups in total. The highest BCUT2D eigenvalue weighted by molar-refractivity contribution is 4.99. The summed E-state index contributed by atoms with van der Waals surface area (Å²) in [5.41, 5.74) is 5.55. The van der Waals surface area contributed by atoms with Gasteiger partial charge in [-0.05, 0) is 19.9 Å². The Morgan fingerprint density at radius 2 is 2.21 bits per heavy atom. The third-order valence-corrected chi connectivity index (χ3v) is 3.41. The highest BCUT2D eigenvalue weighted by Gasteiger charge is 2.44. The minimum Gasteiger partial charge on any atom is -0.329 e. The monoisotopic (exact) mass is 206 g/mol. The summed E-state index contributed by atoms with van der Waals surface area (Å²) in [5.74, 6) is -0.491. The zero-order valence-corrected chi connectivity index (χ0v) is 8.97. The Kier molecular flexibility index (Phi) is 3.84. The average molecular weight is 206 g/mol. The first-order valence-corrected chi connectivity index (χ1v) is 5.25. The molecule has 1 fully saturated rings. The predicted octanol–water partition coefficient (Wildman–Crippen LogP) is 1.70. The quantitative estimate of drug-likeness (QED) is 0.758. The highest BCUT2D eigenvalue weighted by atomic mass is 19.3. The molecule has 1 aliphatic rings. The maximum atomic E-state index is 12.6. The van der Waals surface area contributed by atoms with Crippen LogP contribution < -0.4 is 5.73 Å². The first-order chi connectivity index (χ1) is 6.55. The van der Waals surface area contributed by atoms with Gasteiger partial charge in [-0.1, -0.05) is 13.3 Å². The van der Waals surface area contributed by atoms with E-state index >= 15 is 0 Å². The Balaban J connectivity index is 2.69. The van der Waals surface area contributed by atoms with Crippen molar-refractivity contribution >= 4 is 0 Å². The highest BCUT2D eigenvalue weighted by Crippen LogP contribution is 2.37. The molecule has 2 atom stereocenters. The van der Waals surface area contributed by atoms with Gasteiger partial charge in [0.2, 0.25) is 6.43 Å². The van der Waals surface area contributed by atoms with E-state index in [-0.39, 0.29) is 5.54 Å². The smallest absolute Gasteiger partial charge is 0.242 e. The fourth-order valence-electron chi connectivity index (χ4n) is 2.52. The minimum atomic E-state index is -2.21. The molecule has 0 aromatic carbocycles. The number of halogens is 2. The summed E-state index contributed by atoms with van der Waals surface area (Å²) in [4.78, 5) is 2.02. The van der Waals surface area contributed by atoms with Gasteiger partial charge in [-0.3, -0.25) is 4.90 Å². The predicted molar refractivity (Wildman–Crippen MR) is 53.4 cm³/mol. The lowest BCUT2D eigenvalue weighted by molar-refractivity contribution is 0.0816. The number of rotatable bonds is 4. The molecular weight excluding hydrogens is 186 g/mol. The number of nitrogens with two attached hydrogens (primary N) is 1. The zero-order valence-electron chi connectivity index (χ0n) is 8.97. The Morgan fingerprint density at radius 3 is 2.57 bits per heavy atom. The molecule has 0 aromatic rings. The second-order valence-corrected chi connectivity index (χ2v) is 4.36. The first-order valence-electron chi connectivity index (χ1n) is 5.25. The summed E-state index contributed by atoms with van der Waals surface area (Å²) in [5, 5.41) is 0. The van der Waals surface area contributed by atoms with Gasteiger partial charge in [-0.2, -0.15) is 0 Å². The van der Waals surface area contributed by atoms with Crippen LogP contribution in [0.3, 0.4) is 0 Å². The van der Waals surface area contributed by atoms with Gasteiger partial charge < -0.3 is 5.73 Å². The normalized spacial score (nSPS) is 34.3. The SMILES string of the molecule is CCCC1(CN)CC(C(F)F)CN1C. The molecule has 1 saturated heterocycles. The fraction of sp³-hybridized carbons (Fsp3) is 1.00. The van der Waals surface area contributed by atoms with Crippen molar-refractivity contribution in [3.05, 3.63) is 0 Å². The Morgan fingerprint density at radius 1 is 1.57 bits per heavy atom. The van der Waals surface area contributed by atoms with Gasteiger partial charge in [0.05, 0.1) is 0 Å². The summed E-state index contributed by atoms with van der Waals surface area (Å²) in [6, 6.07) is 0. The molecular formula is C10H20F2N2. The molecule has 84 valence electrons. The molecule has 1 aliphatic heterocycles. The summed E-state index contributed by atoms with van der Waals surface area (Å²) >= 11 is 0. The fourth-order valence-corrected chi connectivity index (χ4v) is 2.52. The van der Waals surface area contributed by atoms with Crippen molar-refractivity contribution < 1.29 is 8.78 Å². The van der Waals surface area contributed by atoms with Gasteiger partial charge in [0, 0.05) is 24.5 Å². The lowest BCUT2D eigenvalue weighted by atomic mass is 9.88. The van der Waals surface area contributed by atoms with Crippen molar-refractivity contribution in [2.24, 2.45) is 11.7 Å². The van der Waals surface area contributed by atoms with Gasteiger partial charge in [0.25, 0.3) is 0 Å². The molecule has 0 radical (unpaired) electrons. The second-order valence-electron chi connectivity index (χ2n) is 4.36. The van der Waals surface area contributed by atoms with Crippen LogP contribution in [0.25, 0.3) is 0 Å². The van der Waals surface area contributed by atoms with Crippen LogP contribution in [0.1, 0.15) is 26.2 Å². The van der Waals surface area contributed by atoms with Gasteiger partial charge in [-0.15, -0.1) is 0 Å². The standard InChI is InChI=1S/C10H20F2N2/c1-3-4-10(7-13)5-8(9(11)12)6-14(10)2/h8-9H,3-7,13H2,1-2H3. The van der Waals surface area contributed by atoms with Crippen LogP contribution in [-0.4, -0.2) is 37.0 Å². The summed E-state index contributed by atoms with van der Waals surface area (Å²) < 4.78 is 25.1. The molecule has 0 saturated carbocycles. The van der Waals surface area contributed by atoms with Crippen LogP contribution in [0.5, 0.6) is 0 Å². The third kappa shape index (κ3) is 2.06. The van der Waals surface area contributed by atoms with Crippen molar-refractivity contribution in [2.75, 3.05) is 20.1 Å². The molecule has 1 rings (SSSR count). The lowest BCUT2D eigenvalue weighted by Gasteiger charge is -2.34. The van der Waals surface area contributed by atoms with Crippen LogP contribution >= 0.6 is 0 Å². The van der Waals surface area contributed by atoms with E-state index in [1.54, 1.807) is 0 Å². The van der Waals surface area contributed by atoms with Crippen molar-refractivity contribution in [3.63, 3.8) is 0 Å². The van der Waals surface area contributed by atoms with Crippen LogP contribution in [0, 0.1) is 5.92 Å². The van der Waals surface area contributed by atoms with Crippen molar-refractivity contribution in [2.45, 2.75) is 38.2 Å². The van der Waals surface area contributed by atoms with Crippen molar-refractivity contribution in [1.29, 1.82) is 0 Å². The van der Waals surface area contributed by atoms with Crippen LogP contribution in [0.4, 0.5) is 8.78 Å². The molecule has 0 spiro atoms. The zero-order chi connectivity index (χ0) is 10.8. The third-order valence-electron chi connectivity index (χ3n) is 3.41. The molecule has 2 nitrogen and oxygen atoms in total. The number of likely N-dealkylation sites (N-methyl/N-ethyl adjacent to an activating group) is 1. The van der Waals surface area contributed by atoms with E-state index in [2.05, 4.69) is 6.92 Å². The van der Waals surface area contributed by atoms with E-state index in [9.17, 15) is 8.78 Å². The van der Waals surface area contributed by atoms with Crippen LogP contribution in [-0.2, 0) is 0 Å². The lowest BCUT2D eigenvalue weighted by Crippen LogP contribution is -2.47. The molecule has 0 bridgehead atoms. The molecule has 14 heavy (non-hydrogen) atoms. The molecule has 1 heterocycles. The number of hydrogen-bond acceptors (Lipinski definition) is 2. The van der Waals surface area contributed by atoms with Gasteiger partial charge in [0.1, 0.15) is 0 Å². The van der Waals surface area contributed by atoms with E-state index in [1.165, 1.54) is 0 Å². The molecule has 0 aliphatic carbocycles. The van der Waals surface area contributed by atoms with Gasteiger partial charge >= 0.3 is 0 Å². The van der Waals surface area contributed by atoms with Gasteiger partial charge in [-0.25, -0.2) is 8.78 Å². The van der Waals surface area contributed by atoms with E-state index < -0.39 is 12.3 Å². The van der Waals surface area contributed by atoms with E-state index in [1.807, 2.05) is 11.9 Å².